The molecule has 1 amide bonds. The van der Waals surface area contributed by atoms with E-state index in [1.54, 1.807) is 0 Å². The highest BCUT2D eigenvalue weighted by Gasteiger charge is 2.34. The van der Waals surface area contributed by atoms with Crippen molar-refractivity contribution in [3.63, 3.8) is 0 Å². The number of carbonyl (C=O) groups is 1. The Hall–Kier alpha value is -1.63. The summed E-state index contributed by atoms with van der Waals surface area (Å²) in [5.41, 5.74) is 0.401. The first-order chi connectivity index (χ1) is 10.9. The molecule has 1 aliphatic heterocycles. The van der Waals surface area contributed by atoms with E-state index in [9.17, 15) is 17.6 Å². The number of sulfone groups is 1. The quantitative estimate of drug-likeness (QED) is 0.840. The monoisotopic (exact) mass is 340 g/mol. The molecule has 0 spiro atoms. The second-order valence-corrected chi connectivity index (χ2v) is 8.34. The molecule has 1 saturated heterocycles. The van der Waals surface area contributed by atoms with E-state index in [0.717, 1.165) is 31.6 Å². The first-order valence-electron chi connectivity index (χ1n) is 7.89. The maximum absolute atomic E-state index is 14.3. The van der Waals surface area contributed by atoms with Crippen molar-refractivity contribution < 1.29 is 17.6 Å². The summed E-state index contributed by atoms with van der Waals surface area (Å²) in [5, 5.41) is 0. The summed E-state index contributed by atoms with van der Waals surface area (Å²) in [6.07, 6.45) is 3.82. The molecule has 2 aliphatic rings. The second-order valence-electron chi connectivity index (χ2n) is 6.33. The van der Waals surface area contributed by atoms with Crippen molar-refractivity contribution in [1.82, 2.24) is 4.90 Å². The standard InChI is InChI=1S/C16H21FN2O3S/c1-23(21,22)13-5-6-15(14(17)11-13)18-7-2-8-19(10-9-18)16(20)12-3-4-12/h5-6,11-12H,2-4,7-10H2,1H3. The Kier molecular flexibility index (Phi) is 4.31. The molecule has 1 aromatic rings. The van der Waals surface area contributed by atoms with Crippen LogP contribution in [0.3, 0.4) is 0 Å². The summed E-state index contributed by atoms with van der Waals surface area (Å²) in [7, 11) is -3.41. The Morgan fingerprint density at radius 3 is 2.52 bits per heavy atom. The molecule has 3 rings (SSSR count). The Labute approximate surface area is 136 Å². The smallest absolute Gasteiger partial charge is 0.225 e. The Bertz CT molecular complexity index is 716. The summed E-state index contributed by atoms with van der Waals surface area (Å²) in [4.78, 5) is 15.9. The molecule has 0 aromatic heterocycles. The molecular weight excluding hydrogens is 319 g/mol. The zero-order chi connectivity index (χ0) is 16.6. The molecule has 1 heterocycles. The number of carbonyl (C=O) groups excluding carboxylic acids is 1. The molecule has 1 saturated carbocycles. The van der Waals surface area contributed by atoms with Crippen molar-refractivity contribution in [2.75, 3.05) is 37.3 Å². The number of amides is 1. The highest BCUT2D eigenvalue weighted by atomic mass is 32.2. The van der Waals surface area contributed by atoms with Gasteiger partial charge in [-0.3, -0.25) is 4.79 Å². The van der Waals surface area contributed by atoms with Gasteiger partial charge in [0, 0.05) is 38.4 Å². The van der Waals surface area contributed by atoms with E-state index in [1.807, 2.05) is 9.80 Å². The third-order valence-electron chi connectivity index (χ3n) is 4.42. The zero-order valence-electron chi connectivity index (χ0n) is 13.2. The molecule has 0 radical (unpaired) electrons. The fraction of sp³-hybridized carbons (Fsp3) is 0.562. The van der Waals surface area contributed by atoms with Crippen LogP contribution in [-0.4, -0.2) is 51.7 Å². The lowest BCUT2D eigenvalue weighted by Gasteiger charge is -2.24. The van der Waals surface area contributed by atoms with E-state index >= 15 is 0 Å². The fourth-order valence-corrected chi connectivity index (χ4v) is 3.57. The minimum Gasteiger partial charge on any atom is -0.367 e. The van der Waals surface area contributed by atoms with Gasteiger partial charge in [0.1, 0.15) is 5.82 Å². The predicted octanol–water partition coefficient (Wildman–Crippen LogP) is 1.68. The molecule has 1 aliphatic carbocycles. The average molecular weight is 340 g/mol. The summed E-state index contributed by atoms with van der Waals surface area (Å²) in [6, 6.07) is 4.03. The first kappa shape index (κ1) is 16.2. The normalized spacial score (nSPS) is 19.6. The number of anilines is 1. The molecular formula is C16H21FN2O3S. The highest BCUT2D eigenvalue weighted by molar-refractivity contribution is 7.90. The van der Waals surface area contributed by atoms with E-state index in [4.69, 9.17) is 0 Å². The SMILES string of the molecule is CS(=O)(=O)c1ccc(N2CCCN(C(=O)C3CC3)CC2)c(F)c1. The Morgan fingerprint density at radius 1 is 1.17 bits per heavy atom. The Balaban J connectivity index is 1.73. The lowest BCUT2D eigenvalue weighted by atomic mass is 10.2. The van der Waals surface area contributed by atoms with Gasteiger partial charge in [-0.1, -0.05) is 0 Å². The van der Waals surface area contributed by atoms with Gasteiger partial charge in [-0.15, -0.1) is 0 Å². The fourth-order valence-electron chi connectivity index (χ4n) is 2.94. The summed E-state index contributed by atoms with van der Waals surface area (Å²) in [6.45, 7) is 2.51. The lowest BCUT2D eigenvalue weighted by Crippen LogP contribution is -2.36. The van der Waals surface area contributed by atoms with Crippen LogP contribution >= 0.6 is 0 Å². The van der Waals surface area contributed by atoms with Crippen molar-refractivity contribution in [2.45, 2.75) is 24.2 Å². The number of nitrogens with zero attached hydrogens (tertiary/aromatic N) is 2. The van der Waals surface area contributed by atoms with Gasteiger partial charge in [0.15, 0.2) is 9.84 Å². The molecule has 0 bridgehead atoms. The molecule has 1 aromatic carbocycles. The zero-order valence-corrected chi connectivity index (χ0v) is 14.0. The van der Waals surface area contributed by atoms with Crippen LogP contribution in [-0.2, 0) is 14.6 Å². The molecule has 23 heavy (non-hydrogen) atoms. The van der Waals surface area contributed by atoms with Crippen molar-refractivity contribution in [3.8, 4) is 0 Å². The number of hydrogen-bond acceptors (Lipinski definition) is 4. The molecule has 5 nitrogen and oxygen atoms in total. The number of halogens is 1. The van der Waals surface area contributed by atoms with Gasteiger partial charge < -0.3 is 9.80 Å². The van der Waals surface area contributed by atoms with Crippen LogP contribution in [0.2, 0.25) is 0 Å². The topological polar surface area (TPSA) is 57.7 Å². The van der Waals surface area contributed by atoms with Crippen molar-refractivity contribution >= 4 is 21.4 Å². The van der Waals surface area contributed by atoms with Gasteiger partial charge in [0.2, 0.25) is 5.91 Å². The molecule has 0 N–H and O–H groups in total. The number of benzene rings is 1. The van der Waals surface area contributed by atoms with Crippen LogP contribution in [0, 0.1) is 11.7 Å². The van der Waals surface area contributed by atoms with Gasteiger partial charge in [-0.05, 0) is 37.5 Å². The minimum absolute atomic E-state index is 0.0147. The maximum Gasteiger partial charge on any atom is 0.225 e. The average Bonchev–Trinajstić information content (AvgIpc) is 3.32. The Morgan fingerprint density at radius 2 is 1.91 bits per heavy atom. The molecule has 126 valence electrons. The van der Waals surface area contributed by atoms with Gasteiger partial charge in [0.05, 0.1) is 10.6 Å². The van der Waals surface area contributed by atoms with Crippen molar-refractivity contribution in [1.29, 1.82) is 0 Å². The van der Waals surface area contributed by atoms with Gasteiger partial charge in [-0.2, -0.15) is 0 Å². The third-order valence-corrected chi connectivity index (χ3v) is 5.53. The largest absolute Gasteiger partial charge is 0.367 e. The van der Waals surface area contributed by atoms with Crippen LogP contribution in [0.25, 0.3) is 0 Å². The van der Waals surface area contributed by atoms with Gasteiger partial charge >= 0.3 is 0 Å². The molecule has 0 unspecified atom stereocenters. The van der Waals surface area contributed by atoms with Gasteiger partial charge in [0.25, 0.3) is 0 Å². The lowest BCUT2D eigenvalue weighted by molar-refractivity contribution is -0.132. The molecule has 2 fully saturated rings. The van der Waals surface area contributed by atoms with E-state index in [2.05, 4.69) is 0 Å². The van der Waals surface area contributed by atoms with E-state index < -0.39 is 15.7 Å². The predicted molar refractivity (Wildman–Crippen MR) is 85.6 cm³/mol. The number of hydrogen-bond donors (Lipinski definition) is 0. The molecule has 0 atom stereocenters. The minimum atomic E-state index is -3.41. The van der Waals surface area contributed by atoms with Crippen LogP contribution < -0.4 is 4.90 Å². The van der Waals surface area contributed by atoms with E-state index in [0.29, 0.717) is 31.9 Å². The first-order valence-corrected chi connectivity index (χ1v) is 9.79. The third kappa shape index (κ3) is 3.65. The summed E-state index contributed by atoms with van der Waals surface area (Å²) < 4.78 is 37.3. The van der Waals surface area contributed by atoms with Crippen LogP contribution in [0.5, 0.6) is 0 Å². The van der Waals surface area contributed by atoms with Crippen molar-refractivity contribution in [2.24, 2.45) is 5.92 Å². The van der Waals surface area contributed by atoms with E-state index in [-0.39, 0.29) is 16.7 Å². The van der Waals surface area contributed by atoms with Crippen LogP contribution in [0.15, 0.2) is 23.1 Å². The van der Waals surface area contributed by atoms with Crippen molar-refractivity contribution in [3.05, 3.63) is 24.0 Å². The molecule has 7 heteroatoms. The number of rotatable bonds is 3. The highest BCUT2D eigenvalue weighted by Crippen LogP contribution is 2.31. The summed E-state index contributed by atoms with van der Waals surface area (Å²) >= 11 is 0. The summed E-state index contributed by atoms with van der Waals surface area (Å²) in [5.74, 6) is -0.109. The second kappa shape index (κ2) is 6.11. The van der Waals surface area contributed by atoms with Gasteiger partial charge in [-0.25, -0.2) is 12.8 Å². The van der Waals surface area contributed by atoms with Crippen LogP contribution in [0.1, 0.15) is 19.3 Å². The van der Waals surface area contributed by atoms with E-state index in [1.165, 1.54) is 12.1 Å². The van der Waals surface area contributed by atoms with Crippen LogP contribution in [0.4, 0.5) is 10.1 Å². The maximum atomic E-state index is 14.3.